The first-order valence-corrected chi connectivity index (χ1v) is 6.86. The van der Waals surface area contributed by atoms with Crippen molar-refractivity contribution in [1.82, 2.24) is 25.9 Å². The molecule has 0 saturated heterocycles. The smallest absolute Gasteiger partial charge is 0.408 e. The Morgan fingerprint density at radius 2 is 2.10 bits per heavy atom. The fraction of sp³-hybridized carbons (Fsp3) is 0.429. The lowest BCUT2D eigenvalue weighted by Crippen LogP contribution is -2.30. The first-order valence-electron chi connectivity index (χ1n) is 6.86. The summed E-state index contributed by atoms with van der Waals surface area (Å²) >= 11 is 0. The summed E-state index contributed by atoms with van der Waals surface area (Å²) in [7, 11) is 0. The van der Waals surface area contributed by atoms with Crippen LogP contribution in [0, 0.1) is 5.92 Å². The van der Waals surface area contributed by atoms with Crippen LogP contribution in [-0.4, -0.2) is 26.7 Å². The van der Waals surface area contributed by atoms with Gasteiger partial charge in [0.05, 0.1) is 6.04 Å². The first kappa shape index (κ1) is 15.0. The summed E-state index contributed by atoms with van der Waals surface area (Å²) < 4.78 is 5.21. The van der Waals surface area contributed by atoms with Gasteiger partial charge < -0.3 is 10.1 Å². The van der Waals surface area contributed by atoms with E-state index in [0.717, 1.165) is 12.0 Å². The number of aromatic amines is 1. The minimum absolute atomic E-state index is 0.232. The molecule has 1 aromatic heterocycles. The topological polar surface area (TPSA) is 92.8 Å². The number of amides is 1. The molecule has 0 aliphatic carbocycles. The molecule has 0 aliphatic rings. The molecule has 2 rings (SSSR count). The quantitative estimate of drug-likeness (QED) is 0.850. The van der Waals surface area contributed by atoms with Crippen LogP contribution in [0.2, 0.25) is 0 Å². The number of hydrogen-bond donors (Lipinski definition) is 2. The molecule has 0 bridgehead atoms. The fourth-order valence-corrected chi connectivity index (χ4v) is 1.93. The van der Waals surface area contributed by atoms with E-state index in [1.54, 1.807) is 0 Å². The molecule has 1 atom stereocenters. The summed E-state index contributed by atoms with van der Waals surface area (Å²) in [5.74, 6) is 0.912. The Bertz CT molecular complexity index is 542. The molecule has 0 radical (unpaired) electrons. The van der Waals surface area contributed by atoms with Crippen LogP contribution in [0.25, 0.3) is 0 Å². The number of nitrogens with zero attached hydrogens (tertiary/aromatic N) is 3. The number of ether oxygens (including phenoxy) is 1. The standard InChI is InChI=1S/C14H19N5O2/c1-10(2)8-12(13-16-18-19-17-13)15-14(20)21-9-11-6-4-3-5-7-11/h3-7,10,12H,8-9H2,1-2H3,(H,15,20)(H,16,17,18,19)/t12-/m1/s1. The molecule has 0 saturated carbocycles. The third kappa shape index (κ3) is 4.87. The van der Waals surface area contributed by atoms with Crippen molar-refractivity contribution in [3.8, 4) is 0 Å². The first-order chi connectivity index (χ1) is 10.1. The van der Waals surface area contributed by atoms with Crippen molar-refractivity contribution in [3.05, 3.63) is 41.7 Å². The zero-order valence-electron chi connectivity index (χ0n) is 12.1. The zero-order valence-corrected chi connectivity index (χ0v) is 12.1. The van der Waals surface area contributed by atoms with E-state index < -0.39 is 6.09 Å². The van der Waals surface area contributed by atoms with Crippen molar-refractivity contribution < 1.29 is 9.53 Å². The molecule has 2 N–H and O–H groups in total. The van der Waals surface area contributed by atoms with Gasteiger partial charge in [-0.2, -0.15) is 0 Å². The third-order valence-electron chi connectivity index (χ3n) is 2.90. The Balaban J connectivity index is 1.89. The second kappa shape index (κ2) is 7.37. The highest BCUT2D eigenvalue weighted by molar-refractivity contribution is 5.67. The van der Waals surface area contributed by atoms with Crippen molar-refractivity contribution >= 4 is 6.09 Å². The van der Waals surface area contributed by atoms with Crippen LogP contribution in [0.15, 0.2) is 30.3 Å². The molecule has 7 nitrogen and oxygen atoms in total. The van der Waals surface area contributed by atoms with Crippen LogP contribution in [0.4, 0.5) is 4.79 Å². The van der Waals surface area contributed by atoms with Gasteiger partial charge in [0.25, 0.3) is 0 Å². The molecule has 1 heterocycles. The van der Waals surface area contributed by atoms with Crippen LogP contribution >= 0.6 is 0 Å². The van der Waals surface area contributed by atoms with Gasteiger partial charge >= 0.3 is 6.09 Å². The predicted octanol–water partition coefficient (Wildman–Crippen LogP) is 2.21. The molecule has 1 aromatic carbocycles. The zero-order chi connectivity index (χ0) is 15.1. The summed E-state index contributed by atoms with van der Waals surface area (Å²) in [5, 5.41) is 16.4. The maximum absolute atomic E-state index is 11.9. The van der Waals surface area contributed by atoms with Gasteiger partial charge in [-0.15, -0.1) is 5.10 Å². The Labute approximate surface area is 123 Å². The van der Waals surface area contributed by atoms with E-state index in [1.165, 1.54) is 0 Å². The molecule has 21 heavy (non-hydrogen) atoms. The Morgan fingerprint density at radius 3 is 2.71 bits per heavy atom. The number of benzene rings is 1. The molecule has 0 aliphatic heterocycles. The summed E-state index contributed by atoms with van der Waals surface area (Å²) in [6.07, 6.45) is 0.234. The van der Waals surface area contributed by atoms with E-state index in [2.05, 4.69) is 39.8 Å². The van der Waals surface area contributed by atoms with Gasteiger partial charge in [0, 0.05) is 0 Å². The maximum atomic E-state index is 11.9. The minimum atomic E-state index is -0.485. The molecule has 1 amide bonds. The Hall–Kier alpha value is -2.44. The van der Waals surface area contributed by atoms with E-state index in [-0.39, 0.29) is 12.6 Å². The highest BCUT2D eigenvalue weighted by Gasteiger charge is 2.20. The Kier molecular flexibility index (Phi) is 5.25. The Morgan fingerprint density at radius 1 is 1.33 bits per heavy atom. The molecule has 0 unspecified atom stereocenters. The summed E-state index contributed by atoms with van der Waals surface area (Å²) in [6, 6.07) is 9.23. The number of alkyl carbamates (subject to hydrolysis) is 1. The highest BCUT2D eigenvalue weighted by Crippen LogP contribution is 2.17. The molecular weight excluding hydrogens is 270 g/mol. The van der Waals surface area contributed by atoms with Gasteiger partial charge in [-0.25, -0.2) is 9.89 Å². The lowest BCUT2D eigenvalue weighted by molar-refractivity contribution is 0.133. The van der Waals surface area contributed by atoms with Crippen molar-refractivity contribution in [2.24, 2.45) is 5.92 Å². The molecule has 0 fully saturated rings. The lowest BCUT2D eigenvalue weighted by atomic mass is 10.0. The van der Waals surface area contributed by atoms with Crippen LogP contribution in [-0.2, 0) is 11.3 Å². The maximum Gasteiger partial charge on any atom is 0.408 e. The number of nitrogens with one attached hydrogen (secondary N) is 2. The number of H-pyrrole nitrogens is 1. The van der Waals surface area contributed by atoms with Crippen molar-refractivity contribution in [3.63, 3.8) is 0 Å². The predicted molar refractivity (Wildman–Crippen MR) is 76.1 cm³/mol. The minimum Gasteiger partial charge on any atom is -0.445 e. The van der Waals surface area contributed by atoms with Crippen molar-refractivity contribution in [2.45, 2.75) is 32.9 Å². The van der Waals surface area contributed by atoms with E-state index in [1.807, 2.05) is 30.3 Å². The highest BCUT2D eigenvalue weighted by atomic mass is 16.5. The van der Waals surface area contributed by atoms with E-state index in [0.29, 0.717) is 11.7 Å². The number of rotatable bonds is 6. The van der Waals surface area contributed by atoms with Gasteiger partial charge in [0.15, 0.2) is 5.82 Å². The average Bonchev–Trinajstić information content (AvgIpc) is 2.99. The number of aromatic nitrogens is 4. The van der Waals surface area contributed by atoms with Crippen LogP contribution in [0.3, 0.4) is 0 Å². The fourth-order valence-electron chi connectivity index (χ4n) is 1.93. The summed E-state index contributed by atoms with van der Waals surface area (Å²) in [6.45, 7) is 4.36. The van der Waals surface area contributed by atoms with Gasteiger partial charge in [-0.05, 0) is 28.3 Å². The van der Waals surface area contributed by atoms with Crippen LogP contribution in [0.1, 0.15) is 37.7 Å². The van der Waals surface area contributed by atoms with Gasteiger partial charge in [0.2, 0.25) is 0 Å². The molecule has 112 valence electrons. The van der Waals surface area contributed by atoms with Crippen molar-refractivity contribution in [1.29, 1.82) is 0 Å². The van der Waals surface area contributed by atoms with Crippen LogP contribution in [0.5, 0.6) is 0 Å². The third-order valence-corrected chi connectivity index (χ3v) is 2.90. The average molecular weight is 289 g/mol. The van der Waals surface area contributed by atoms with Crippen LogP contribution < -0.4 is 5.32 Å². The summed E-state index contributed by atoms with van der Waals surface area (Å²) in [5.41, 5.74) is 0.939. The molecular formula is C14H19N5O2. The molecule has 2 aromatic rings. The normalized spacial score (nSPS) is 12.1. The second-order valence-electron chi connectivity index (χ2n) is 5.17. The van der Waals surface area contributed by atoms with Gasteiger partial charge in [-0.3, -0.25) is 0 Å². The van der Waals surface area contributed by atoms with E-state index in [4.69, 9.17) is 4.74 Å². The lowest BCUT2D eigenvalue weighted by Gasteiger charge is -2.17. The number of hydrogen-bond acceptors (Lipinski definition) is 5. The number of tetrazole rings is 1. The summed E-state index contributed by atoms with van der Waals surface area (Å²) in [4.78, 5) is 11.9. The second-order valence-corrected chi connectivity index (χ2v) is 5.17. The van der Waals surface area contributed by atoms with E-state index in [9.17, 15) is 4.79 Å². The van der Waals surface area contributed by atoms with Gasteiger partial charge in [0.1, 0.15) is 6.61 Å². The molecule has 0 spiro atoms. The SMILES string of the molecule is CC(C)C[C@@H](NC(=O)OCc1ccccc1)c1nnn[nH]1. The van der Waals surface area contributed by atoms with E-state index >= 15 is 0 Å². The van der Waals surface area contributed by atoms with Crippen molar-refractivity contribution in [2.75, 3.05) is 0 Å². The largest absolute Gasteiger partial charge is 0.445 e. The molecule has 7 heteroatoms. The number of carbonyl (C=O) groups excluding carboxylic acids is 1. The number of carbonyl (C=O) groups is 1. The monoisotopic (exact) mass is 289 g/mol. The van der Waals surface area contributed by atoms with Gasteiger partial charge in [-0.1, -0.05) is 44.2 Å².